The summed E-state index contributed by atoms with van der Waals surface area (Å²) in [5, 5.41) is 13.4. The van der Waals surface area contributed by atoms with Crippen molar-refractivity contribution in [3.8, 4) is 17.6 Å². The molecule has 2 aliphatic rings. The van der Waals surface area contributed by atoms with E-state index in [2.05, 4.69) is 11.4 Å². The maximum atomic E-state index is 13.5. The van der Waals surface area contributed by atoms with Gasteiger partial charge in [0, 0.05) is 23.4 Å². The maximum Gasteiger partial charge on any atom is 0.162 e. The first-order valence-corrected chi connectivity index (χ1v) is 12.1. The number of rotatable bonds is 6. The molecule has 1 aliphatic heterocycles. The van der Waals surface area contributed by atoms with Crippen LogP contribution in [-0.4, -0.2) is 12.9 Å². The quantitative estimate of drug-likeness (QED) is 0.461. The highest BCUT2D eigenvalue weighted by molar-refractivity contribution is 6.00. The molecule has 0 amide bonds. The summed E-state index contributed by atoms with van der Waals surface area (Å²) in [5.41, 5.74) is 6.14. The van der Waals surface area contributed by atoms with Crippen molar-refractivity contribution >= 4 is 5.78 Å². The predicted molar refractivity (Wildman–Crippen MR) is 138 cm³/mol. The van der Waals surface area contributed by atoms with Crippen LogP contribution in [0.5, 0.6) is 11.5 Å². The van der Waals surface area contributed by atoms with E-state index < -0.39 is 0 Å². The molecule has 0 fully saturated rings. The summed E-state index contributed by atoms with van der Waals surface area (Å²) in [5.74, 6) is 1.34. The Balaban J connectivity index is 1.41. The maximum absolute atomic E-state index is 13.5. The highest BCUT2D eigenvalue weighted by atomic mass is 16.5. The molecule has 180 valence electrons. The lowest BCUT2D eigenvalue weighted by Gasteiger charge is -2.35. The molecule has 3 aromatic rings. The smallest absolute Gasteiger partial charge is 0.162 e. The first-order valence-electron chi connectivity index (χ1n) is 12.1. The lowest BCUT2D eigenvalue weighted by Crippen LogP contribution is -2.33. The fraction of sp³-hybridized carbons (Fsp3) is 0.226. The minimum absolute atomic E-state index is 0.0826. The van der Waals surface area contributed by atoms with Crippen LogP contribution in [0.1, 0.15) is 48.3 Å². The molecule has 1 N–H and O–H groups in total. The molecular formula is C31H28N2O3. The van der Waals surface area contributed by atoms with Gasteiger partial charge < -0.3 is 14.8 Å². The van der Waals surface area contributed by atoms with Crippen LogP contribution in [0, 0.1) is 11.3 Å². The number of methoxy groups -OCH3 is 1. The Kier molecular flexibility index (Phi) is 6.60. The Hall–Kier alpha value is -4.30. The molecule has 3 aromatic carbocycles. The van der Waals surface area contributed by atoms with Crippen molar-refractivity contribution in [3.63, 3.8) is 0 Å². The number of hydrogen-bond donors (Lipinski definition) is 1. The van der Waals surface area contributed by atoms with Crippen LogP contribution in [0.15, 0.2) is 101 Å². The van der Waals surface area contributed by atoms with Crippen molar-refractivity contribution in [2.45, 2.75) is 38.2 Å². The van der Waals surface area contributed by atoms with Crippen molar-refractivity contribution < 1.29 is 14.3 Å². The number of ketones is 1. The van der Waals surface area contributed by atoms with Crippen LogP contribution in [0.4, 0.5) is 0 Å². The van der Waals surface area contributed by atoms with E-state index in [-0.39, 0.29) is 17.6 Å². The predicted octanol–water partition coefficient (Wildman–Crippen LogP) is 6.16. The molecule has 5 nitrogen and oxygen atoms in total. The minimum Gasteiger partial charge on any atom is -0.497 e. The van der Waals surface area contributed by atoms with Crippen LogP contribution in [-0.2, 0) is 11.4 Å². The number of Topliss-reactive ketones (excluding diaryl/α,β-unsaturated/α-hetero) is 1. The number of allylic oxidation sites excluding steroid dienone is 4. The number of nitrogens with zero attached hydrogens (tertiary/aromatic N) is 1. The number of hydrogen-bond acceptors (Lipinski definition) is 5. The van der Waals surface area contributed by atoms with Crippen LogP contribution >= 0.6 is 0 Å². The Labute approximate surface area is 211 Å². The van der Waals surface area contributed by atoms with Gasteiger partial charge in [-0.2, -0.15) is 5.26 Å². The average molecular weight is 477 g/mol. The third-order valence-electron chi connectivity index (χ3n) is 7.00. The van der Waals surface area contributed by atoms with E-state index in [9.17, 15) is 10.1 Å². The van der Waals surface area contributed by atoms with Crippen LogP contribution in [0.2, 0.25) is 0 Å². The van der Waals surface area contributed by atoms with E-state index in [0.29, 0.717) is 24.2 Å². The standard InChI is InChI=1S/C31H28N2O3/c1-20-27(18-32)30(23-10-14-26(15-11-23)36-19-21-6-4-3-5-7-21)31-28(33-20)16-24(17-29(31)34)22-8-12-25(35-2)13-9-22/h3-15,24,30,33H,16-17,19H2,1-2H3. The van der Waals surface area contributed by atoms with E-state index in [0.717, 1.165) is 46.0 Å². The second kappa shape index (κ2) is 10.1. The van der Waals surface area contributed by atoms with Gasteiger partial charge in [-0.25, -0.2) is 0 Å². The van der Waals surface area contributed by atoms with Crippen LogP contribution in [0.3, 0.4) is 0 Å². The van der Waals surface area contributed by atoms with Gasteiger partial charge in [0.1, 0.15) is 18.1 Å². The van der Waals surface area contributed by atoms with E-state index in [1.165, 1.54) is 0 Å². The number of carbonyl (C=O) groups is 1. The van der Waals surface area contributed by atoms with Gasteiger partial charge in [0.2, 0.25) is 0 Å². The molecule has 5 rings (SSSR count). The SMILES string of the molecule is COc1ccc(C2CC(=O)C3=C(C2)NC(C)=C(C#N)C3c2ccc(OCc3ccccc3)cc2)cc1. The Morgan fingerprint density at radius 3 is 2.25 bits per heavy atom. The molecule has 5 heteroatoms. The van der Waals surface area contributed by atoms with Crippen LogP contribution < -0.4 is 14.8 Å². The van der Waals surface area contributed by atoms with E-state index >= 15 is 0 Å². The van der Waals surface area contributed by atoms with Crippen molar-refractivity contribution in [2.75, 3.05) is 7.11 Å². The van der Waals surface area contributed by atoms with Gasteiger partial charge in [0.05, 0.1) is 24.7 Å². The lowest BCUT2D eigenvalue weighted by atomic mass is 9.72. The minimum atomic E-state index is -0.376. The zero-order valence-corrected chi connectivity index (χ0v) is 20.5. The summed E-state index contributed by atoms with van der Waals surface area (Å²) >= 11 is 0. The molecule has 0 saturated carbocycles. The molecule has 1 heterocycles. The zero-order chi connectivity index (χ0) is 25.1. The van der Waals surface area contributed by atoms with E-state index in [1.807, 2.05) is 85.8 Å². The van der Waals surface area contributed by atoms with Gasteiger partial charge in [-0.3, -0.25) is 4.79 Å². The van der Waals surface area contributed by atoms with Crippen molar-refractivity contribution in [3.05, 3.63) is 118 Å². The monoisotopic (exact) mass is 476 g/mol. The summed E-state index contributed by atoms with van der Waals surface area (Å²) in [7, 11) is 1.64. The van der Waals surface area contributed by atoms with Gasteiger partial charge >= 0.3 is 0 Å². The van der Waals surface area contributed by atoms with Gasteiger partial charge in [-0.1, -0.05) is 54.6 Å². The zero-order valence-electron chi connectivity index (χ0n) is 20.5. The summed E-state index contributed by atoms with van der Waals surface area (Å²) in [6.07, 6.45) is 1.14. The van der Waals surface area contributed by atoms with Gasteiger partial charge in [-0.15, -0.1) is 0 Å². The normalized spacial score (nSPS) is 19.3. The molecular weight excluding hydrogens is 448 g/mol. The van der Waals surface area contributed by atoms with E-state index in [4.69, 9.17) is 9.47 Å². The first-order chi connectivity index (χ1) is 17.6. The molecule has 0 aromatic heterocycles. The number of ether oxygens (including phenoxy) is 2. The van der Waals surface area contributed by atoms with Crippen molar-refractivity contribution in [1.82, 2.24) is 5.32 Å². The second-order valence-corrected chi connectivity index (χ2v) is 9.25. The summed E-state index contributed by atoms with van der Waals surface area (Å²) in [6.45, 7) is 2.39. The summed E-state index contributed by atoms with van der Waals surface area (Å²) < 4.78 is 11.2. The number of dihydropyridines is 1. The van der Waals surface area contributed by atoms with Crippen molar-refractivity contribution in [1.29, 1.82) is 5.26 Å². The van der Waals surface area contributed by atoms with E-state index in [1.54, 1.807) is 7.11 Å². The number of carbonyl (C=O) groups excluding carboxylic acids is 1. The molecule has 0 radical (unpaired) electrons. The first kappa shape index (κ1) is 23.4. The second-order valence-electron chi connectivity index (χ2n) is 9.25. The Morgan fingerprint density at radius 1 is 0.917 bits per heavy atom. The number of benzene rings is 3. The van der Waals surface area contributed by atoms with Gasteiger partial charge in [0.15, 0.2) is 5.78 Å². The van der Waals surface area contributed by atoms with Crippen LogP contribution in [0.25, 0.3) is 0 Å². The van der Waals surface area contributed by atoms with Gasteiger partial charge in [-0.05, 0) is 60.2 Å². The molecule has 36 heavy (non-hydrogen) atoms. The molecule has 1 aliphatic carbocycles. The summed E-state index contributed by atoms with van der Waals surface area (Å²) in [4.78, 5) is 13.5. The average Bonchev–Trinajstić information content (AvgIpc) is 2.92. The van der Waals surface area contributed by atoms with Gasteiger partial charge in [0.25, 0.3) is 0 Å². The highest BCUT2D eigenvalue weighted by Gasteiger charge is 2.38. The lowest BCUT2D eigenvalue weighted by molar-refractivity contribution is -0.116. The number of nitrogens with one attached hydrogen (secondary N) is 1. The third-order valence-corrected chi connectivity index (χ3v) is 7.00. The number of nitriles is 1. The van der Waals surface area contributed by atoms with Crippen molar-refractivity contribution in [2.24, 2.45) is 0 Å². The molecule has 0 spiro atoms. The molecule has 2 unspecified atom stereocenters. The Morgan fingerprint density at radius 2 is 1.58 bits per heavy atom. The topological polar surface area (TPSA) is 71.3 Å². The summed E-state index contributed by atoms with van der Waals surface area (Å²) in [6, 6.07) is 28.1. The third kappa shape index (κ3) is 4.63. The fourth-order valence-electron chi connectivity index (χ4n) is 5.13. The highest BCUT2D eigenvalue weighted by Crippen LogP contribution is 2.45. The molecule has 2 atom stereocenters. The fourth-order valence-corrected chi connectivity index (χ4v) is 5.13. The Bertz CT molecular complexity index is 1360. The molecule has 0 saturated heterocycles. The largest absolute Gasteiger partial charge is 0.497 e. The molecule has 0 bridgehead atoms.